The van der Waals surface area contributed by atoms with Gasteiger partial charge in [0.2, 0.25) is 0 Å². The molecule has 0 atom stereocenters. The van der Waals surface area contributed by atoms with Crippen molar-refractivity contribution in [3.8, 4) is 11.5 Å². The fourth-order valence-corrected chi connectivity index (χ4v) is 3.52. The molecule has 0 N–H and O–H groups in total. The van der Waals surface area contributed by atoms with Crippen LogP contribution in [0, 0.1) is 5.41 Å². The fraction of sp³-hybridized carbons (Fsp3) is 0.348. The number of rotatable bonds is 6. The Morgan fingerprint density at radius 2 is 2.00 bits per heavy atom. The molecule has 31 heavy (non-hydrogen) atoms. The molecule has 2 aromatic carbocycles. The van der Waals surface area contributed by atoms with E-state index in [0.29, 0.717) is 51.8 Å². The van der Waals surface area contributed by atoms with E-state index >= 15 is 0 Å². The maximum atomic E-state index is 13.1. The largest absolute Gasteiger partial charge is 0.493 e. The van der Waals surface area contributed by atoms with Gasteiger partial charge in [0.05, 0.1) is 30.8 Å². The van der Waals surface area contributed by atoms with E-state index in [1.54, 1.807) is 31.5 Å². The Bertz CT molecular complexity index is 1200. The zero-order chi connectivity index (χ0) is 22.8. The smallest absolute Gasteiger partial charge is 0.282 e. The lowest BCUT2D eigenvalue weighted by Crippen LogP contribution is -2.22. The number of hydrogen-bond acceptors (Lipinski definition) is 5. The average Bonchev–Trinajstić information content (AvgIpc) is 2.71. The molecule has 0 unspecified atom stereocenters. The van der Waals surface area contributed by atoms with E-state index < -0.39 is 0 Å². The number of halogens is 2. The van der Waals surface area contributed by atoms with Gasteiger partial charge in [-0.1, -0.05) is 55.2 Å². The van der Waals surface area contributed by atoms with E-state index in [-0.39, 0.29) is 11.0 Å². The van der Waals surface area contributed by atoms with Gasteiger partial charge in [-0.25, -0.2) is 4.98 Å². The first kappa shape index (κ1) is 23.3. The molecule has 1 heterocycles. The zero-order valence-electron chi connectivity index (χ0n) is 18.2. The molecule has 0 radical (unpaired) electrons. The van der Waals surface area contributed by atoms with Crippen LogP contribution in [0.15, 0.2) is 44.7 Å². The van der Waals surface area contributed by atoms with Crippen molar-refractivity contribution in [2.45, 2.75) is 34.1 Å². The molecule has 164 valence electrons. The van der Waals surface area contributed by atoms with Gasteiger partial charge in [-0.3, -0.25) is 4.79 Å². The minimum atomic E-state index is -0.245. The van der Waals surface area contributed by atoms with Crippen molar-refractivity contribution < 1.29 is 9.47 Å². The summed E-state index contributed by atoms with van der Waals surface area (Å²) < 4.78 is 13.6. The van der Waals surface area contributed by atoms with Gasteiger partial charge in [0, 0.05) is 27.5 Å². The summed E-state index contributed by atoms with van der Waals surface area (Å²) in [5.41, 5.74) is 0.943. The van der Waals surface area contributed by atoms with Crippen molar-refractivity contribution >= 4 is 44.6 Å². The normalized spacial score (nSPS) is 12.0. The van der Waals surface area contributed by atoms with Crippen LogP contribution in [0.5, 0.6) is 11.5 Å². The summed E-state index contributed by atoms with van der Waals surface area (Å²) >= 11 is 9.68. The van der Waals surface area contributed by atoms with Crippen LogP contribution in [0.1, 0.15) is 39.1 Å². The fourth-order valence-electron chi connectivity index (χ4n) is 2.94. The first-order valence-electron chi connectivity index (χ1n) is 9.89. The number of benzene rings is 2. The summed E-state index contributed by atoms with van der Waals surface area (Å²) in [6.07, 6.45) is 2.10. The zero-order valence-corrected chi connectivity index (χ0v) is 20.5. The van der Waals surface area contributed by atoms with Crippen molar-refractivity contribution in [3.63, 3.8) is 0 Å². The molecular weight excluding hydrogens is 482 g/mol. The van der Waals surface area contributed by atoms with E-state index in [2.05, 4.69) is 46.8 Å². The lowest BCUT2D eigenvalue weighted by Gasteiger charge is -2.21. The van der Waals surface area contributed by atoms with E-state index in [0.717, 1.165) is 4.47 Å². The second-order valence-corrected chi connectivity index (χ2v) is 9.63. The monoisotopic (exact) mass is 505 g/mol. The maximum Gasteiger partial charge on any atom is 0.282 e. The lowest BCUT2D eigenvalue weighted by atomic mass is 9.98. The third-order valence-corrected chi connectivity index (χ3v) is 5.13. The summed E-state index contributed by atoms with van der Waals surface area (Å²) in [5, 5.41) is 5.42. The Kier molecular flexibility index (Phi) is 7.06. The predicted molar refractivity (Wildman–Crippen MR) is 129 cm³/mol. The van der Waals surface area contributed by atoms with Crippen molar-refractivity contribution in [3.05, 3.63) is 61.6 Å². The molecule has 8 heteroatoms. The van der Waals surface area contributed by atoms with Crippen LogP contribution >= 0.6 is 27.5 Å². The first-order valence-corrected chi connectivity index (χ1v) is 11.1. The number of methoxy groups -OCH3 is 1. The third kappa shape index (κ3) is 5.46. The highest BCUT2D eigenvalue weighted by molar-refractivity contribution is 9.10. The van der Waals surface area contributed by atoms with Crippen LogP contribution in [-0.4, -0.2) is 29.6 Å². The van der Waals surface area contributed by atoms with Gasteiger partial charge in [0.15, 0.2) is 11.5 Å². The topological polar surface area (TPSA) is 65.7 Å². The molecule has 3 aromatic rings. The average molecular weight is 507 g/mol. The molecule has 0 bridgehead atoms. The van der Waals surface area contributed by atoms with Crippen LogP contribution in [0.2, 0.25) is 5.02 Å². The second-order valence-electron chi connectivity index (χ2n) is 8.28. The van der Waals surface area contributed by atoms with Crippen LogP contribution in [0.4, 0.5) is 0 Å². The quantitative estimate of drug-likeness (QED) is 0.403. The molecule has 1 aromatic heterocycles. The highest BCUT2D eigenvalue weighted by atomic mass is 79.9. The highest BCUT2D eigenvalue weighted by Gasteiger charge is 2.17. The summed E-state index contributed by atoms with van der Waals surface area (Å²) in [6.45, 7) is 8.63. The number of aryl methyl sites for hydroxylation is 1. The standard InChI is InChI=1S/C23H25BrClN3O3/c1-6-20-27-18-8-7-15(24)10-17(18)22(29)28(20)26-12-14-9-16(25)11-19(30-5)21(14)31-13-23(2,3)4/h7-12H,6,13H2,1-5H3. The third-order valence-electron chi connectivity index (χ3n) is 4.42. The minimum absolute atomic E-state index is 0.0545. The predicted octanol–water partition coefficient (Wildman–Crippen LogP) is 5.69. The van der Waals surface area contributed by atoms with Crippen molar-refractivity contribution in [2.75, 3.05) is 13.7 Å². The molecule has 0 fully saturated rings. The van der Waals surface area contributed by atoms with E-state index in [1.165, 1.54) is 4.68 Å². The summed E-state index contributed by atoms with van der Waals surface area (Å²) in [6, 6.07) is 8.84. The van der Waals surface area contributed by atoms with Gasteiger partial charge in [-0.05, 0) is 29.7 Å². The van der Waals surface area contributed by atoms with E-state index in [1.807, 2.05) is 19.1 Å². The van der Waals surface area contributed by atoms with Crippen molar-refractivity contribution in [1.82, 2.24) is 9.66 Å². The Morgan fingerprint density at radius 3 is 2.65 bits per heavy atom. The van der Waals surface area contributed by atoms with Gasteiger partial charge >= 0.3 is 0 Å². The van der Waals surface area contributed by atoms with Gasteiger partial charge in [0.1, 0.15) is 5.82 Å². The van der Waals surface area contributed by atoms with Crippen molar-refractivity contribution in [2.24, 2.45) is 10.5 Å². The number of nitrogens with zero attached hydrogens (tertiary/aromatic N) is 3. The van der Waals surface area contributed by atoms with Crippen LogP contribution < -0.4 is 15.0 Å². The van der Waals surface area contributed by atoms with E-state index in [4.69, 9.17) is 21.1 Å². The van der Waals surface area contributed by atoms with E-state index in [9.17, 15) is 4.79 Å². The number of fused-ring (bicyclic) bond motifs is 1. The Labute approximate surface area is 195 Å². The number of ether oxygens (including phenoxy) is 2. The van der Waals surface area contributed by atoms with Gasteiger partial charge in [-0.15, -0.1) is 0 Å². The second kappa shape index (κ2) is 9.40. The molecule has 0 aliphatic rings. The first-order chi connectivity index (χ1) is 14.6. The highest BCUT2D eigenvalue weighted by Crippen LogP contribution is 2.35. The van der Waals surface area contributed by atoms with Crippen LogP contribution in [0.25, 0.3) is 10.9 Å². The molecular formula is C23H25BrClN3O3. The molecule has 0 spiro atoms. The maximum absolute atomic E-state index is 13.1. The molecule has 0 saturated carbocycles. The number of hydrogen-bond donors (Lipinski definition) is 0. The van der Waals surface area contributed by atoms with Crippen LogP contribution in [-0.2, 0) is 6.42 Å². The van der Waals surface area contributed by atoms with Gasteiger partial charge in [-0.2, -0.15) is 9.78 Å². The van der Waals surface area contributed by atoms with Crippen molar-refractivity contribution in [1.29, 1.82) is 0 Å². The molecule has 3 rings (SSSR count). The Balaban J connectivity index is 2.13. The SMILES string of the molecule is CCc1nc2ccc(Br)cc2c(=O)n1N=Cc1cc(Cl)cc(OC)c1OCC(C)(C)C. The number of aromatic nitrogens is 2. The summed E-state index contributed by atoms with van der Waals surface area (Å²) in [5.74, 6) is 1.58. The summed E-state index contributed by atoms with van der Waals surface area (Å²) in [7, 11) is 1.56. The minimum Gasteiger partial charge on any atom is -0.493 e. The van der Waals surface area contributed by atoms with Crippen LogP contribution in [0.3, 0.4) is 0 Å². The molecule has 6 nitrogen and oxygen atoms in total. The molecule has 0 saturated heterocycles. The molecule has 0 amide bonds. The molecule has 0 aliphatic carbocycles. The van der Waals surface area contributed by atoms with Gasteiger partial charge in [0.25, 0.3) is 5.56 Å². The molecule has 0 aliphatic heterocycles. The Morgan fingerprint density at radius 1 is 1.26 bits per heavy atom. The summed E-state index contributed by atoms with van der Waals surface area (Å²) in [4.78, 5) is 17.7. The Hall–Kier alpha value is -2.38. The van der Waals surface area contributed by atoms with Gasteiger partial charge < -0.3 is 9.47 Å². The lowest BCUT2D eigenvalue weighted by molar-refractivity contribution is 0.191.